The third-order valence-electron chi connectivity index (χ3n) is 4.32. The van der Waals surface area contributed by atoms with Crippen molar-refractivity contribution in [2.45, 2.75) is 5.92 Å². The molecule has 0 spiro atoms. The second-order valence-corrected chi connectivity index (χ2v) is 7.21. The molecule has 0 saturated carbocycles. The molecule has 1 aliphatic rings. The molecule has 4 rings (SSSR count). The summed E-state index contributed by atoms with van der Waals surface area (Å²) in [5.74, 6) is -0.0962. The highest BCUT2D eigenvalue weighted by Crippen LogP contribution is 2.43. The van der Waals surface area contributed by atoms with Crippen molar-refractivity contribution in [3.05, 3.63) is 86.0 Å². The molecule has 2 heterocycles. The molecule has 130 valence electrons. The van der Waals surface area contributed by atoms with Crippen LogP contribution in [0.3, 0.4) is 0 Å². The standard InChI is InChI=1S/C19H13BrN2O3S/c20-10-7-5-9(6-8-10)13-14-16(25-17(21)15(13)18(22)26)11-3-1-2-4-12(11)24-19(14)23/h1-8,13H,21H2,(H2,22,26)/t13-/m0/s1. The van der Waals surface area contributed by atoms with E-state index in [-0.39, 0.29) is 10.9 Å². The fourth-order valence-electron chi connectivity index (χ4n) is 3.20. The van der Waals surface area contributed by atoms with Crippen molar-refractivity contribution in [3.63, 3.8) is 0 Å². The van der Waals surface area contributed by atoms with E-state index in [9.17, 15) is 4.79 Å². The highest BCUT2D eigenvalue weighted by atomic mass is 79.9. The maximum Gasteiger partial charge on any atom is 0.344 e. The number of halogens is 1. The molecule has 5 nitrogen and oxygen atoms in total. The van der Waals surface area contributed by atoms with Gasteiger partial charge in [0.15, 0.2) is 11.6 Å². The Morgan fingerprint density at radius 1 is 1.12 bits per heavy atom. The van der Waals surface area contributed by atoms with Crippen LogP contribution in [0.15, 0.2) is 73.7 Å². The lowest BCUT2D eigenvalue weighted by atomic mass is 9.83. The Kier molecular flexibility index (Phi) is 4.05. The van der Waals surface area contributed by atoms with E-state index >= 15 is 0 Å². The molecule has 3 aromatic rings. The number of ether oxygens (including phenoxy) is 1. The minimum Gasteiger partial charge on any atom is -0.440 e. The number of nitrogens with two attached hydrogens (primary N) is 2. The Morgan fingerprint density at radius 3 is 2.50 bits per heavy atom. The average molecular weight is 429 g/mol. The number of benzene rings is 2. The molecule has 0 amide bonds. The summed E-state index contributed by atoms with van der Waals surface area (Å²) in [5, 5.41) is 0.661. The Balaban J connectivity index is 2.08. The highest BCUT2D eigenvalue weighted by Gasteiger charge is 2.36. The molecule has 7 heteroatoms. The predicted molar refractivity (Wildman–Crippen MR) is 107 cm³/mol. The smallest absolute Gasteiger partial charge is 0.344 e. The first kappa shape index (κ1) is 16.8. The maximum absolute atomic E-state index is 12.8. The third-order valence-corrected chi connectivity index (χ3v) is 5.07. The molecule has 1 aromatic heterocycles. The van der Waals surface area contributed by atoms with Crippen molar-refractivity contribution in [1.82, 2.24) is 0 Å². The molecule has 0 fully saturated rings. The zero-order valence-corrected chi connectivity index (χ0v) is 15.8. The number of thiocarbonyl (C=S) groups is 1. The van der Waals surface area contributed by atoms with Crippen LogP contribution in [0.25, 0.3) is 11.0 Å². The van der Waals surface area contributed by atoms with Crippen LogP contribution in [-0.2, 0) is 0 Å². The van der Waals surface area contributed by atoms with E-state index in [0.29, 0.717) is 27.9 Å². The van der Waals surface area contributed by atoms with Gasteiger partial charge in [0.2, 0.25) is 0 Å². The van der Waals surface area contributed by atoms with E-state index in [2.05, 4.69) is 15.9 Å². The van der Waals surface area contributed by atoms with Crippen LogP contribution < -0.4 is 21.8 Å². The summed E-state index contributed by atoms with van der Waals surface area (Å²) >= 11 is 8.59. The van der Waals surface area contributed by atoms with Gasteiger partial charge < -0.3 is 20.6 Å². The summed E-state index contributed by atoms with van der Waals surface area (Å²) in [5.41, 5.74) is 13.5. The highest BCUT2D eigenvalue weighted by molar-refractivity contribution is 9.10. The van der Waals surface area contributed by atoms with Crippen molar-refractivity contribution < 1.29 is 9.15 Å². The second-order valence-electron chi connectivity index (χ2n) is 5.86. The quantitative estimate of drug-likeness (QED) is 0.479. The zero-order valence-electron chi connectivity index (χ0n) is 13.4. The summed E-state index contributed by atoms with van der Waals surface area (Å²) < 4.78 is 12.2. The van der Waals surface area contributed by atoms with Gasteiger partial charge in [-0.2, -0.15) is 0 Å². The molecular formula is C19H13BrN2O3S. The monoisotopic (exact) mass is 428 g/mol. The third kappa shape index (κ3) is 2.60. The first-order valence-corrected chi connectivity index (χ1v) is 8.96. The van der Waals surface area contributed by atoms with Crippen LogP contribution in [0.5, 0.6) is 5.75 Å². The van der Waals surface area contributed by atoms with Gasteiger partial charge in [-0.1, -0.05) is 52.4 Å². The molecule has 2 aromatic carbocycles. The Bertz CT molecular complexity index is 1140. The average Bonchev–Trinajstić information content (AvgIpc) is 2.61. The van der Waals surface area contributed by atoms with E-state index in [0.717, 1.165) is 10.0 Å². The Hall–Kier alpha value is -2.64. The van der Waals surface area contributed by atoms with Crippen molar-refractivity contribution in [2.75, 3.05) is 0 Å². The van der Waals surface area contributed by atoms with Gasteiger partial charge in [0.05, 0.1) is 22.4 Å². The van der Waals surface area contributed by atoms with E-state index in [1.165, 1.54) is 0 Å². The molecule has 4 N–H and O–H groups in total. The zero-order chi connectivity index (χ0) is 18.4. The van der Waals surface area contributed by atoms with Gasteiger partial charge in [-0.15, -0.1) is 0 Å². The molecule has 0 radical (unpaired) electrons. The van der Waals surface area contributed by atoms with E-state index in [1.54, 1.807) is 12.1 Å². The molecule has 0 bridgehead atoms. The summed E-state index contributed by atoms with van der Waals surface area (Å²) in [4.78, 5) is 12.9. The fourth-order valence-corrected chi connectivity index (χ4v) is 3.68. The van der Waals surface area contributed by atoms with E-state index < -0.39 is 11.5 Å². The Labute approximate surface area is 162 Å². The van der Waals surface area contributed by atoms with Gasteiger partial charge >= 0.3 is 5.63 Å². The SMILES string of the molecule is NC(=S)C1=C(N)Oc2c(c(=O)oc3ccccc23)[C@@H]1c1ccc(Br)cc1. The molecular weight excluding hydrogens is 416 g/mol. The van der Waals surface area contributed by atoms with Gasteiger partial charge in [-0.25, -0.2) is 4.79 Å². The number of rotatable bonds is 2. The van der Waals surface area contributed by atoms with Crippen LogP contribution in [0.1, 0.15) is 17.0 Å². The van der Waals surface area contributed by atoms with Gasteiger partial charge in [-0.3, -0.25) is 0 Å². The van der Waals surface area contributed by atoms with Crippen molar-refractivity contribution in [1.29, 1.82) is 0 Å². The topological polar surface area (TPSA) is 91.5 Å². The largest absolute Gasteiger partial charge is 0.440 e. The minimum absolute atomic E-state index is 0.0774. The molecule has 0 aliphatic carbocycles. The first-order chi connectivity index (χ1) is 12.5. The number of para-hydroxylation sites is 1. The summed E-state index contributed by atoms with van der Waals surface area (Å²) in [7, 11) is 0. The number of fused-ring (bicyclic) bond motifs is 3. The van der Waals surface area contributed by atoms with Crippen molar-refractivity contribution in [3.8, 4) is 5.75 Å². The maximum atomic E-state index is 12.8. The lowest BCUT2D eigenvalue weighted by Gasteiger charge is -2.28. The molecule has 26 heavy (non-hydrogen) atoms. The van der Waals surface area contributed by atoms with Gasteiger partial charge in [0.25, 0.3) is 0 Å². The normalized spacial score (nSPS) is 16.3. The van der Waals surface area contributed by atoms with Crippen LogP contribution >= 0.6 is 28.1 Å². The Morgan fingerprint density at radius 2 is 1.81 bits per heavy atom. The molecule has 1 aliphatic heterocycles. The van der Waals surface area contributed by atoms with Crippen LogP contribution in [0.2, 0.25) is 0 Å². The summed E-state index contributed by atoms with van der Waals surface area (Å²) in [6.45, 7) is 0. The van der Waals surface area contributed by atoms with Crippen LogP contribution in [-0.4, -0.2) is 4.99 Å². The summed E-state index contributed by atoms with van der Waals surface area (Å²) in [6.07, 6.45) is 0. The second kappa shape index (κ2) is 6.26. The molecule has 0 unspecified atom stereocenters. The summed E-state index contributed by atoms with van der Waals surface area (Å²) in [6, 6.07) is 14.7. The van der Waals surface area contributed by atoms with Crippen LogP contribution in [0, 0.1) is 0 Å². The van der Waals surface area contributed by atoms with Gasteiger partial charge in [0.1, 0.15) is 10.6 Å². The number of hydrogen-bond donors (Lipinski definition) is 2. The predicted octanol–water partition coefficient (Wildman–Crippen LogP) is 3.54. The van der Waals surface area contributed by atoms with Gasteiger partial charge in [0, 0.05) is 4.47 Å². The number of hydrogen-bond acceptors (Lipinski definition) is 5. The lowest BCUT2D eigenvalue weighted by Crippen LogP contribution is -2.32. The van der Waals surface area contributed by atoms with Gasteiger partial charge in [-0.05, 0) is 29.8 Å². The van der Waals surface area contributed by atoms with Crippen molar-refractivity contribution in [2.24, 2.45) is 11.5 Å². The fraction of sp³-hybridized carbons (Fsp3) is 0.0526. The first-order valence-electron chi connectivity index (χ1n) is 7.76. The van der Waals surface area contributed by atoms with Crippen LogP contribution in [0.4, 0.5) is 0 Å². The molecule has 0 saturated heterocycles. The van der Waals surface area contributed by atoms with E-state index in [4.69, 9.17) is 32.8 Å². The molecule has 1 atom stereocenters. The van der Waals surface area contributed by atoms with Crippen molar-refractivity contribution >= 4 is 44.1 Å². The van der Waals surface area contributed by atoms with E-state index in [1.807, 2.05) is 36.4 Å². The lowest BCUT2D eigenvalue weighted by molar-refractivity contribution is 0.389. The minimum atomic E-state index is -0.565.